The van der Waals surface area contributed by atoms with Crippen molar-refractivity contribution in [2.75, 3.05) is 25.5 Å². The second-order valence-electron chi connectivity index (χ2n) is 8.80. The molecule has 0 unspecified atom stereocenters. The number of carbonyl (C=O) groups excluding carboxylic acids is 4. The summed E-state index contributed by atoms with van der Waals surface area (Å²) in [6.07, 6.45) is 5.10. The molecular formula is C23H26N6O5. The monoisotopic (exact) mass is 466 g/mol. The molecule has 1 aliphatic carbocycles. The van der Waals surface area contributed by atoms with Crippen molar-refractivity contribution in [3.63, 3.8) is 0 Å². The highest BCUT2D eigenvalue weighted by molar-refractivity contribution is 6.06. The number of ether oxygens (including phenoxy) is 1. The first kappa shape index (κ1) is 21.9. The van der Waals surface area contributed by atoms with E-state index in [9.17, 15) is 19.2 Å². The molecule has 0 bridgehead atoms. The van der Waals surface area contributed by atoms with Crippen molar-refractivity contribution in [1.29, 1.82) is 0 Å². The van der Waals surface area contributed by atoms with Gasteiger partial charge in [-0.1, -0.05) is 6.07 Å². The first-order valence-electron chi connectivity index (χ1n) is 11.3. The number of fused-ring (bicyclic) bond motifs is 2. The van der Waals surface area contributed by atoms with E-state index >= 15 is 0 Å². The van der Waals surface area contributed by atoms with Gasteiger partial charge in [0.1, 0.15) is 12.4 Å². The number of benzene rings is 1. The van der Waals surface area contributed by atoms with E-state index < -0.39 is 17.6 Å². The number of imide groups is 1. The van der Waals surface area contributed by atoms with Crippen molar-refractivity contribution in [1.82, 2.24) is 24.7 Å². The highest BCUT2D eigenvalue weighted by Crippen LogP contribution is 2.46. The van der Waals surface area contributed by atoms with Gasteiger partial charge in [-0.25, -0.2) is 19.5 Å². The molecule has 2 saturated heterocycles. The van der Waals surface area contributed by atoms with Crippen LogP contribution in [0.4, 0.5) is 15.3 Å². The lowest BCUT2D eigenvalue weighted by molar-refractivity contribution is -0.142. The highest BCUT2D eigenvalue weighted by Gasteiger charge is 2.58. The zero-order valence-electron chi connectivity index (χ0n) is 19.0. The summed E-state index contributed by atoms with van der Waals surface area (Å²) in [5.41, 5.74) is 0.559. The second kappa shape index (κ2) is 8.15. The van der Waals surface area contributed by atoms with Gasteiger partial charge in [0.2, 0.25) is 11.5 Å². The number of anilines is 1. The molecule has 2 aliphatic heterocycles. The maximum Gasteiger partial charge on any atom is 0.418 e. The van der Waals surface area contributed by atoms with Gasteiger partial charge in [-0.05, 0) is 37.0 Å². The van der Waals surface area contributed by atoms with E-state index in [1.165, 1.54) is 7.05 Å². The zero-order chi connectivity index (χ0) is 24.0. The lowest BCUT2D eigenvalue weighted by Crippen LogP contribution is -2.44. The second-order valence-corrected chi connectivity index (χ2v) is 8.80. The Balaban J connectivity index is 1.34. The quantitative estimate of drug-likeness (QED) is 0.706. The average molecular weight is 466 g/mol. The number of likely N-dealkylation sites (tertiary alicyclic amines) is 1. The third-order valence-electron chi connectivity index (χ3n) is 6.87. The van der Waals surface area contributed by atoms with Crippen LogP contribution in [0.5, 0.6) is 0 Å². The number of hydrogen-bond donors (Lipinski definition) is 2. The van der Waals surface area contributed by atoms with Crippen molar-refractivity contribution < 1.29 is 23.9 Å². The lowest BCUT2D eigenvalue weighted by Gasteiger charge is -2.26. The van der Waals surface area contributed by atoms with Crippen LogP contribution >= 0.6 is 0 Å². The molecule has 34 heavy (non-hydrogen) atoms. The first-order valence-corrected chi connectivity index (χ1v) is 11.3. The van der Waals surface area contributed by atoms with Crippen LogP contribution in [-0.4, -0.2) is 63.4 Å². The van der Waals surface area contributed by atoms with Crippen LogP contribution in [0.2, 0.25) is 0 Å². The molecule has 0 radical (unpaired) electrons. The number of urea groups is 1. The number of nitrogens with zero attached hydrogens (tertiary/aromatic N) is 4. The highest BCUT2D eigenvalue weighted by atomic mass is 16.6. The predicted octanol–water partition coefficient (Wildman–Crippen LogP) is 1.66. The summed E-state index contributed by atoms with van der Waals surface area (Å²) < 4.78 is 7.51. The Labute approximate surface area is 196 Å². The van der Waals surface area contributed by atoms with Gasteiger partial charge in [-0.2, -0.15) is 0 Å². The molecular weight excluding hydrogens is 440 g/mol. The van der Waals surface area contributed by atoms with Crippen LogP contribution in [0.25, 0.3) is 0 Å². The maximum atomic E-state index is 13.4. The molecule has 2 aromatic rings. The molecule has 178 valence electrons. The van der Waals surface area contributed by atoms with Gasteiger partial charge in [0.25, 0.3) is 5.91 Å². The number of imidazole rings is 1. The Kier molecular flexibility index (Phi) is 5.26. The molecule has 1 spiro atoms. The third kappa shape index (κ3) is 3.39. The largest absolute Gasteiger partial charge is 0.427 e. The summed E-state index contributed by atoms with van der Waals surface area (Å²) in [4.78, 5) is 57.9. The summed E-state index contributed by atoms with van der Waals surface area (Å²) in [6, 6.07) is 4.59. The molecule has 5 rings (SSSR count). The van der Waals surface area contributed by atoms with E-state index in [2.05, 4.69) is 15.6 Å². The molecule has 5 amide bonds. The van der Waals surface area contributed by atoms with Gasteiger partial charge in [-0.3, -0.25) is 9.59 Å². The minimum atomic E-state index is -1.43. The number of rotatable bonds is 4. The number of nitrogens with one attached hydrogen (secondary N) is 2. The fourth-order valence-electron chi connectivity index (χ4n) is 5.18. The van der Waals surface area contributed by atoms with Crippen molar-refractivity contribution >= 4 is 29.6 Å². The number of amides is 5. The standard InChI is InChI=1S/C23H26N6O5/c1-24-21(32)26-15-5-6-16-14(12-15)7-8-23(16)20(31)29(22(33)34-23)13-18(30)28-10-3-4-17(28)19-25-9-11-27(19)2/h5-6,9,11-12,17H,3-4,7-8,10,13H2,1-2H3,(H2,24,26,32)/t17-,23-/m1/s1. The summed E-state index contributed by atoms with van der Waals surface area (Å²) in [6.45, 7) is 0.175. The smallest absolute Gasteiger partial charge is 0.418 e. The molecule has 2 atom stereocenters. The summed E-state index contributed by atoms with van der Waals surface area (Å²) in [5, 5.41) is 5.18. The van der Waals surface area contributed by atoms with Crippen molar-refractivity contribution in [3.8, 4) is 0 Å². The van der Waals surface area contributed by atoms with Crippen LogP contribution in [0.15, 0.2) is 30.6 Å². The van der Waals surface area contributed by atoms with Crippen LogP contribution in [0, 0.1) is 0 Å². The van der Waals surface area contributed by atoms with E-state index in [4.69, 9.17) is 4.74 Å². The molecule has 11 nitrogen and oxygen atoms in total. The van der Waals surface area contributed by atoms with Gasteiger partial charge in [0.15, 0.2) is 0 Å². The topological polar surface area (TPSA) is 126 Å². The van der Waals surface area contributed by atoms with Gasteiger partial charge in [0.05, 0.1) is 6.04 Å². The number of aryl methyl sites for hydroxylation is 2. The SMILES string of the molecule is CNC(=O)Nc1ccc2c(c1)CC[C@@]21OC(=O)N(CC(=O)N2CCC[C@@H]2c2nccn2C)C1=O. The third-order valence-corrected chi connectivity index (χ3v) is 6.87. The lowest BCUT2D eigenvalue weighted by atomic mass is 9.94. The van der Waals surface area contributed by atoms with Crippen molar-refractivity contribution in [3.05, 3.63) is 47.5 Å². The molecule has 3 heterocycles. The molecule has 0 saturated carbocycles. The molecule has 2 N–H and O–H groups in total. The average Bonchev–Trinajstić information content (AvgIpc) is 3.58. The predicted molar refractivity (Wildman–Crippen MR) is 120 cm³/mol. The molecule has 1 aromatic carbocycles. The molecule has 3 aliphatic rings. The summed E-state index contributed by atoms with van der Waals surface area (Å²) in [7, 11) is 3.40. The van der Waals surface area contributed by atoms with E-state index in [1.54, 1.807) is 29.3 Å². The van der Waals surface area contributed by atoms with Crippen molar-refractivity contribution in [2.24, 2.45) is 7.05 Å². The minimum absolute atomic E-state index is 0.186. The molecule has 11 heteroatoms. The Bertz CT molecular complexity index is 1190. The van der Waals surface area contributed by atoms with E-state index in [0.717, 1.165) is 29.1 Å². The Morgan fingerprint density at radius 1 is 1.29 bits per heavy atom. The summed E-state index contributed by atoms with van der Waals surface area (Å²) >= 11 is 0. The van der Waals surface area contributed by atoms with Crippen LogP contribution in [0.3, 0.4) is 0 Å². The summed E-state index contributed by atoms with van der Waals surface area (Å²) in [5.74, 6) is -0.0518. The zero-order valence-corrected chi connectivity index (χ0v) is 19.0. The van der Waals surface area contributed by atoms with E-state index in [1.807, 2.05) is 17.8 Å². The van der Waals surface area contributed by atoms with E-state index in [-0.39, 0.29) is 24.5 Å². The van der Waals surface area contributed by atoms with Crippen molar-refractivity contribution in [2.45, 2.75) is 37.3 Å². The van der Waals surface area contributed by atoms with Crippen LogP contribution < -0.4 is 10.6 Å². The Morgan fingerprint density at radius 3 is 2.85 bits per heavy atom. The molecule has 2 fully saturated rings. The van der Waals surface area contributed by atoms with Crippen LogP contribution in [-0.2, 0) is 33.4 Å². The number of carbonyl (C=O) groups is 4. The van der Waals surface area contributed by atoms with Gasteiger partial charge < -0.3 is 24.8 Å². The fraction of sp³-hybridized carbons (Fsp3) is 0.435. The number of aromatic nitrogens is 2. The maximum absolute atomic E-state index is 13.4. The van der Waals surface area contributed by atoms with Crippen LogP contribution in [0.1, 0.15) is 42.3 Å². The number of hydrogen-bond acceptors (Lipinski definition) is 6. The molecule has 1 aromatic heterocycles. The Morgan fingerprint density at radius 2 is 2.12 bits per heavy atom. The van der Waals surface area contributed by atoms with E-state index in [0.29, 0.717) is 30.6 Å². The van der Waals surface area contributed by atoms with Gasteiger partial charge in [0, 0.05) is 50.7 Å². The normalized spacial score (nSPS) is 23.4. The van der Waals surface area contributed by atoms with Gasteiger partial charge >= 0.3 is 12.1 Å². The first-order chi connectivity index (χ1) is 16.3. The Hall–Kier alpha value is -3.89. The minimum Gasteiger partial charge on any atom is -0.427 e. The van der Waals surface area contributed by atoms with Gasteiger partial charge in [-0.15, -0.1) is 0 Å². The fourth-order valence-corrected chi connectivity index (χ4v) is 5.18.